The first-order chi connectivity index (χ1) is 11.6. The predicted octanol–water partition coefficient (Wildman–Crippen LogP) is 3.69. The van der Waals surface area contributed by atoms with Gasteiger partial charge in [0, 0.05) is 31.0 Å². The molecule has 24 heavy (non-hydrogen) atoms. The van der Waals surface area contributed by atoms with Crippen LogP contribution in [0.25, 0.3) is 0 Å². The highest BCUT2D eigenvalue weighted by Gasteiger charge is 2.22. The molecule has 0 amide bonds. The summed E-state index contributed by atoms with van der Waals surface area (Å²) in [5.74, 6) is 0.233. The number of hydrogen-bond acceptors (Lipinski definition) is 6. The van der Waals surface area contributed by atoms with Crippen LogP contribution in [0, 0.1) is 0 Å². The van der Waals surface area contributed by atoms with Gasteiger partial charge in [0.25, 0.3) is 0 Å². The fourth-order valence-electron chi connectivity index (χ4n) is 1.88. The summed E-state index contributed by atoms with van der Waals surface area (Å²) in [6, 6.07) is 6.42. The summed E-state index contributed by atoms with van der Waals surface area (Å²) in [6.07, 6.45) is 1.51. The lowest BCUT2D eigenvalue weighted by Gasteiger charge is -2.13. The van der Waals surface area contributed by atoms with Crippen LogP contribution >= 0.6 is 27.5 Å². The second kappa shape index (κ2) is 8.98. The first kappa shape index (κ1) is 18.7. The number of pyridine rings is 1. The van der Waals surface area contributed by atoms with Crippen molar-refractivity contribution >= 4 is 33.3 Å². The number of benzene rings is 1. The van der Waals surface area contributed by atoms with Gasteiger partial charge in [-0.05, 0) is 34.1 Å². The van der Waals surface area contributed by atoms with Crippen molar-refractivity contribution < 1.29 is 23.7 Å². The second-order valence-electron chi connectivity index (χ2n) is 4.54. The molecule has 0 spiro atoms. The molecule has 0 N–H and O–H groups in total. The molecule has 1 aromatic carbocycles. The summed E-state index contributed by atoms with van der Waals surface area (Å²) in [7, 11) is 2.97. The van der Waals surface area contributed by atoms with Gasteiger partial charge < -0.3 is 18.9 Å². The van der Waals surface area contributed by atoms with Gasteiger partial charge in [0.1, 0.15) is 5.75 Å². The van der Waals surface area contributed by atoms with E-state index in [2.05, 4.69) is 20.9 Å². The number of ether oxygens (including phenoxy) is 4. The van der Waals surface area contributed by atoms with Crippen molar-refractivity contribution in [3.05, 3.63) is 51.2 Å². The summed E-state index contributed by atoms with van der Waals surface area (Å²) in [5.41, 5.74) is 0.426. The van der Waals surface area contributed by atoms with Crippen molar-refractivity contribution in [3.8, 4) is 11.5 Å². The van der Waals surface area contributed by atoms with Gasteiger partial charge in [-0.25, -0.2) is 4.98 Å². The van der Waals surface area contributed by atoms with Crippen LogP contribution in [0.2, 0.25) is 5.02 Å². The maximum absolute atomic E-state index is 12.9. The van der Waals surface area contributed by atoms with Gasteiger partial charge in [-0.15, -0.1) is 0 Å². The van der Waals surface area contributed by atoms with Gasteiger partial charge in [-0.1, -0.05) is 11.6 Å². The third kappa shape index (κ3) is 4.45. The maximum Gasteiger partial charge on any atom is 0.218 e. The van der Waals surface area contributed by atoms with Crippen molar-refractivity contribution in [3.63, 3.8) is 0 Å². The molecular weight excluding hydrogens is 402 g/mol. The average Bonchev–Trinajstić information content (AvgIpc) is 2.60. The van der Waals surface area contributed by atoms with Crippen molar-refractivity contribution in [2.75, 3.05) is 27.8 Å². The molecule has 0 saturated carbocycles. The molecule has 0 radical (unpaired) electrons. The number of nitrogens with zero attached hydrogens (tertiary/aromatic N) is 1. The number of carbonyl (C=O) groups is 1. The quantitative estimate of drug-likeness (QED) is 0.483. The number of methoxy groups -OCH3 is 2. The molecule has 1 aromatic heterocycles. The van der Waals surface area contributed by atoms with Gasteiger partial charge in [0.15, 0.2) is 25.0 Å². The van der Waals surface area contributed by atoms with Gasteiger partial charge in [0.2, 0.25) is 5.78 Å². The zero-order valence-corrected chi connectivity index (χ0v) is 15.4. The SMILES string of the molecule is COCOc1cc(Cl)c(Br)cc1C(=O)c1ncccc1OCOC. The third-order valence-corrected chi connectivity index (χ3v) is 4.11. The molecule has 0 aliphatic heterocycles. The molecule has 2 rings (SSSR count). The largest absolute Gasteiger partial charge is 0.467 e. The molecule has 0 atom stereocenters. The Balaban J connectivity index is 2.44. The minimum absolute atomic E-state index is 0.00329. The summed E-state index contributed by atoms with van der Waals surface area (Å²) in [6.45, 7) is -0.0171. The lowest BCUT2D eigenvalue weighted by atomic mass is 10.1. The Kier molecular flexibility index (Phi) is 6.99. The van der Waals surface area contributed by atoms with Crippen LogP contribution in [-0.4, -0.2) is 38.6 Å². The van der Waals surface area contributed by atoms with E-state index in [1.54, 1.807) is 18.2 Å². The number of carbonyl (C=O) groups excluding carboxylic acids is 1. The maximum atomic E-state index is 12.9. The predicted molar refractivity (Wildman–Crippen MR) is 91.8 cm³/mol. The van der Waals surface area contributed by atoms with E-state index in [0.717, 1.165) is 0 Å². The lowest BCUT2D eigenvalue weighted by molar-refractivity contribution is 0.0492. The van der Waals surface area contributed by atoms with Crippen LogP contribution in [0.5, 0.6) is 11.5 Å². The average molecular weight is 417 g/mol. The fourth-order valence-corrected chi connectivity index (χ4v) is 2.37. The molecule has 0 aliphatic carbocycles. The molecule has 0 aliphatic rings. The first-order valence-corrected chi connectivity index (χ1v) is 7.97. The molecule has 0 fully saturated rings. The molecule has 0 unspecified atom stereocenters. The Bertz CT molecular complexity index is 726. The molecule has 1 heterocycles. The summed E-state index contributed by atoms with van der Waals surface area (Å²) in [4.78, 5) is 17.0. The van der Waals surface area contributed by atoms with Crippen molar-refractivity contribution in [1.29, 1.82) is 0 Å². The van der Waals surface area contributed by atoms with E-state index in [1.807, 2.05) is 0 Å². The van der Waals surface area contributed by atoms with Crippen LogP contribution in [0.15, 0.2) is 34.9 Å². The van der Waals surface area contributed by atoms with Crippen molar-refractivity contribution in [1.82, 2.24) is 4.98 Å². The zero-order chi connectivity index (χ0) is 17.5. The molecule has 2 aromatic rings. The van der Waals surface area contributed by atoms with Crippen LogP contribution in [0.1, 0.15) is 16.1 Å². The van der Waals surface area contributed by atoms with E-state index >= 15 is 0 Å². The van der Waals surface area contributed by atoms with E-state index < -0.39 is 0 Å². The van der Waals surface area contributed by atoms with Crippen LogP contribution < -0.4 is 9.47 Å². The number of rotatable bonds is 8. The van der Waals surface area contributed by atoms with Gasteiger partial charge >= 0.3 is 0 Å². The first-order valence-electron chi connectivity index (χ1n) is 6.80. The standard InChI is InChI=1S/C16H15BrClNO5/c1-21-8-23-13-4-3-5-19-15(13)16(20)10-6-11(17)12(18)7-14(10)24-9-22-2/h3-7H,8-9H2,1-2H3. The molecular formula is C16H15BrClNO5. The lowest BCUT2D eigenvalue weighted by Crippen LogP contribution is -2.11. The third-order valence-electron chi connectivity index (χ3n) is 2.92. The van der Waals surface area contributed by atoms with E-state index in [4.69, 9.17) is 30.5 Å². The Morgan fingerprint density at radius 2 is 1.83 bits per heavy atom. The monoisotopic (exact) mass is 415 g/mol. The van der Waals surface area contributed by atoms with Crippen LogP contribution in [0.3, 0.4) is 0 Å². The normalized spacial score (nSPS) is 10.5. The number of halogens is 2. The highest BCUT2D eigenvalue weighted by atomic mass is 79.9. The van der Waals surface area contributed by atoms with E-state index in [9.17, 15) is 4.79 Å². The Labute approximate surface area is 152 Å². The minimum atomic E-state index is -0.370. The number of hydrogen-bond donors (Lipinski definition) is 0. The van der Waals surface area contributed by atoms with E-state index in [0.29, 0.717) is 21.0 Å². The Morgan fingerprint density at radius 1 is 1.17 bits per heavy atom. The van der Waals surface area contributed by atoms with Gasteiger partial charge in [0.05, 0.1) is 10.6 Å². The molecule has 8 heteroatoms. The van der Waals surface area contributed by atoms with Gasteiger partial charge in [-0.3, -0.25) is 4.79 Å². The molecule has 6 nitrogen and oxygen atoms in total. The molecule has 128 valence electrons. The number of aromatic nitrogens is 1. The zero-order valence-electron chi connectivity index (χ0n) is 13.0. The molecule has 0 bridgehead atoms. The van der Waals surface area contributed by atoms with Gasteiger partial charge in [-0.2, -0.15) is 0 Å². The Hall–Kier alpha value is -1.67. The highest BCUT2D eigenvalue weighted by Crippen LogP contribution is 2.33. The molecule has 0 saturated heterocycles. The Morgan fingerprint density at radius 3 is 2.50 bits per heavy atom. The van der Waals surface area contributed by atoms with E-state index in [1.165, 1.54) is 26.5 Å². The second-order valence-corrected chi connectivity index (χ2v) is 5.81. The fraction of sp³-hybridized carbons (Fsp3) is 0.250. The summed E-state index contributed by atoms with van der Waals surface area (Å²) >= 11 is 9.39. The summed E-state index contributed by atoms with van der Waals surface area (Å²) in [5, 5.41) is 0.412. The highest BCUT2D eigenvalue weighted by molar-refractivity contribution is 9.10. The minimum Gasteiger partial charge on any atom is -0.467 e. The smallest absolute Gasteiger partial charge is 0.218 e. The van der Waals surface area contributed by atoms with Crippen LogP contribution in [-0.2, 0) is 9.47 Å². The number of ketones is 1. The van der Waals surface area contributed by atoms with Crippen molar-refractivity contribution in [2.45, 2.75) is 0 Å². The van der Waals surface area contributed by atoms with Crippen LogP contribution in [0.4, 0.5) is 0 Å². The van der Waals surface area contributed by atoms with E-state index in [-0.39, 0.29) is 30.6 Å². The van der Waals surface area contributed by atoms with Crippen molar-refractivity contribution in [2.24, 2.45) is 0 Å². The summed E-state index contributed by atoms with van der Waals surface area (Å²) < 4.78 is 21.2. The topological polar surface area (TPSA) is 66.9 Å².